The van der Waals surface area contributed by atoms with E-state index in [1.165, 1.54) is 0 Å². The molecule has 0 heterocycles. The summed E-state index contributed by atoms with van der Waals surface area (Å²) in [7, 11) is 0. The third-order valence-electron chi connectivity index (χ3n) is 3.13. The summed E-state index contributed by atoms with van der Waals surface area (Å²) in [6.07, 6.45) is -3.46. The van der Waals surface area contributed by atoms with Crippen LogP contribution in [0.1, 0.15) is 32.6 Å². The molecule has 0 aromatic rings. The lowest BCUT2D eigenvalue weighted by Gasteiger charge is -2.33. The predicted molar refractivity (Wildman–Crippen MR) is 52.3 cm³/mol. The topological polar surface area (TPSA) is 20.2 Å². The lowest BCUT2D eigenvalue weighted by molar-refractivity contribution is -0.188. The van der Waals surface area contributed by atoms with Crippen molar-refractivity contribution in [3.63, 3.8) is 0 Å². The van der Waals surface area contributed by atoms with Gasteiger partial charge < -0.3 is 5.11 Å². The molecule has 4 heteroatoms. The van der Waals surface area contributed by atoms with E-state index in [1.807, 2.05) is 0 Å². The van der Waals surface area contributed by atoms with E-state index in [9.17, 15) is 18.3 Å². The van der Waals surface area contributed by atoms with Crippen molar-refractivity contribution in [2.24, 2.45) is 11.8 Å². The summed E-state index contributed by atoms with van der Waals surface area (Å²) in [5, 5.41) is 9.67. The molecule has 1 rings (SSSR count). The fraction of sp³-hybridized carbons (Fsp3) is 0.818. The highest BCUT2D eigenvalue weighted by molar-refractivity contribution is 5.01. The molecule has 0 amide bonds. The maximum atomic E-state index is 12.5. The van der Waals surface area contributed by atoms with Gasteiger partial charge in [-0.2, -0.15) is 13.2 Å². The third kappa shape index (κ3) is 3.23. The summed E-state index contributed by atoms with van der Waals surface area (Å²) in [6, 6.07) is 0. The highest BCUT2D eigenvalue weighted by atomic mass is 19.4. The summed E-state index contributed by atoms with van der Waals surface area (Å²) in [6.45, 7) is 5.24. The van der Waals surface area contributed by atoms with E-state index in [-0.39, 0.29) is 18.8 Å². The van der Waals surface area contributed by atoms with Crippen LogP contribution in [-0.2, 0) is 0 Å². The standard InChI is InChI=1S/C11H17F3O/c1-7(2)10(15)8-4-3-5-9(6-8)11(12,13)14/h8-10,15H,1,3-6H2,2H3. The van der Waals surface area contributed by atoms with Crippen molar-refractivity contribution < 1.29 is 18.3 Å². The molecule has 0 spiro atoms. The molecule has 1 aliphatic rings. The maximum Gasteiger partial charge on any atom is 0.391 e. The van der Waals surface area contributed by atoms with Crippen molar-refractivity contribution in [1.82, 2.24) is 0 Å². The zero-order valence-electron chi connectivity index (χ0n) is 8.85. The van der Waals surface area contributed by atoms with Crippen LogP contribution in [0, 0.1) is 11.8 Å². The summed E-state index contributed by atoms with van der Waals surface area (Å²) in [5.74, 6) is -1.52. The summed E-state index contributed by atoms with van der Waals surface area (Å²) in [5.41, 5.74) is 0.558. The Bertz CT molecular complexity index is 234. The van der Waals surface area contributed by atoms with Crippen LogP contribution in [0.5, 0.6) is 0 Å². The van der Waals surface area contributed by atoms with Gasteiger partial charge in [0.15, 0.2) is 0 Å². The van der Waals surface area contributed by atoms with Crippen molar-refractivity contribution in [3.05, 3.63) is 12.2 Å². The second-order valence-electron chi connectivity index (χ2n) is 4.46. The van der Waals surface area contributed by atoms with E-state index in [0.717, 1.165) is 0 Å². The van der Waals surface area contributed by atoms with Gasteiger partial charge in [-0.3, -0.25) is 0 Å². The molecule has 0 aromatic heterocycles. The lowest BCUT2D eigenvalue weighted by Crippen LogP contribution is -2.33. The first-order valence-electron chi connectivity index (χ1n) is 5.22. The Labute approximate surface area is 88.0 Å². The Balaban J connectivity index is 2.60. The second-order valence-corrected chi connectivity index (χ2v) is 4.46. The first kappa shape index (κ1) is 12.6. The molecule has 0 aliphatic heterocycles. The van der Waals surface area contributed by atoms with Crippen molar-refractivity contribution in [2.45, 2.75) is 44.9 Å². The van der Waals surface area contributed by atoms with E-state index < -0.39 is 18.2 Å². The quantitative estimate of drug-likeness (QED) is 0.711. The average Bonchev–Trinajstić information content (AvgIpc) is 2.15. The molecule has 3 atom stereocenters. The number of alkyl halides is 3. The monoisotopic (exact) mass is 222 g/mol. The van der Waals surface area contributed by atoms with Gasteiger partial charge in [-0.25, -0.2) is 0 Å². The zero-order valence-corrected chi connectivity index (χ0v) is 8.85. The molecule has 3 unspecified atom stereocenters. The first-order valence-corrected chi connectivity index (χ1v) is 5.22. The van der Waals surface area contributed by atoms with Gasteiger partial charge in [-0.05, 0) is 32.1 Å². The smallest absolute Gasteiger partial charge is 0.388 e. The Morgan fingerprint density at radius 3 is 2.47 bits per heavy atom. The minimum absolute atomic E-state index is 0.0392. The van der Waals surface area contributed by atoms with E-state index in [1.54, 1.807) is 6.92 Å². The van der Waals surface area contributed by atoms with Crippen LogP contribution in [0.3, 0.4) is 0 Å². The van der Waals surface area contributed by atoms with Crippen LogP contribution < -0.4 is 0 Å². The predicted octanol–water partition coefficient (Wildman–Crippen LogP) is 3.29. The third-order valence-corrected chi connectivity index (χ3v) is 3.13. The molecule has 0 radical (unpaired) electrons. The molecular weight excluding hydrogens is 205 g/mol. The minimum Gasteiger partial charge on any atom is -0.388 e. The Kier molecular flexibility index (Phi) is 3.82. The van der Waals surface area contributed by atoms with Crippen LogP contribution in [-0.4, -0.2) is 17.4 Å². The van der Waals surface area contributed by atoms with E-state index >= 15 is 0 Å². The fourth-order valence-electron chi connectivity index (χ4n) is 2.21. The maximum absolute atomic E-state index is 12.5. The molecule has 1 saturated carbocycles. The largest absolute Gasteiger partial charge is 0.391 e. The van der Waals surface area contributed by atoms with Crippen LogP contribution in [0.25, 0.3) is 0 Å². The first-order chi connectivity index (χ1) is 6.82. The molecule has 88 valence electrons. The SMILES string of the molecule is C=C(C)C(O)C1CCCC(C(F)(F)F)C1. The molecule has 0 bridgehead atoms. The molecule has 0 saturated heterocycles. The highest BCUT2D eigenvalue weighted by Crippen LogP contribution is 2.41. The van der Waals surface area contributed by atoms with Gasteiger partial charge in [0, 0.05) is 0 Å². The Morgan fingerprint density at radius 2 is 2.00 bits per heavy atom. The summed E-state index contributed by atoms with van der Waals surface area (Å²) in [4.78, 5) is 0. The lowest BCUT2D eigenvalue weighted by atomic mass is 9.77. The summed E-state index contributed by atoms with van der Waals surface area (Å²) < 4.78 is 37.4. The van der Waals surface area contributed by atoms with Crippen molar-refractivity contribution >= 4 is 0 Å². The Morgan fingerprint density at radius 1 is 1.40 bits per heavy atom. The number of halogens is 3. The van der Waals surface area contributed by atoms with Crippen molar-refractivity contribution in [1.29, 1.82) is 0 Å². The van der Waals surface area contributed by atoms with E-state index in [2.05, 4.69) is 6.58 Å². The molecular formula is C11H17F3O. The average molecular weight is 222 g/mol. The molecule has 1 nitrogen and oxygen atoms in total. The molecule has 1 fully saturated rings. The van der Waals surface area contributed by atoms with Crippen LogP contribution >= 0.6 is 0 Å². The molecule has 1 aliphatic carbocycles. The summed E-state index contributed by atoms with van der Waals surface area (Å²) >= 11 is 0. The number of hydrogen-bond donors (Lipinski definition) is 1. The van der Waals surface area contributed by atoms with Crippen LogP contribution in [0.15, 0.2) is 12.2 Å². The Hall–Kier alpha value is -0.510. The van der Waals surface area contributed by atoms with Gasteiger partial charge in [0.05, 0.1) is 12.0 Å². The van der Waals surface area contributed by atoms with Crippen LogP contribution in [0.2, 0.25) is 0 Å². The highest BCUT2D eigenvalue weighted by Gasteiger charge is 2.43. The number of rotatable bonds is 2. The molecule has 15 heavy (non-hydrogen) atoms. The number of hydrogen-bond acceptors (Lipinski definition) is 1. The van der Waals surface area contributed by atoms with Crippen molar-refractivity contribution in [3.8, 4) is 0 Å². The van der Waals surface area contributed by atoms with Crippen LogP contribution in [0.4, 0.5) is 13.2 Å². The van der Waals surface area contributed by atoms with Gasteiger partial charge in [-0.1, -0.05) is 18.6 Å². The fourth-order valence-corrected chi connectivity index (χ4v) is 2.21. The molecule has 0 aromatic carbocycles. The van der Waals surface area contributed by atoms with Gasteiger partial charge in [-0.15, -0.1) is 0 Å². The minimum atomic E-state index is -4.12. The zero-order chi connectivity index (χ0) is 11.6. The molecule has 1 N–H and O–H groups in total. The van der Waals surface area contributed by atoms with E-state index in [0.29, 0.717) is 18.4 Å². The number of aliphatic hydroxyl groups excluding tert-OH is 1. The van der Waals surface area contributed by atoms with Gasteiger partial charge in [0.2, 0.25) is 0 Å². The van der Waals surface area contributed by atoms with Gasteiger partial charge in [0.25, 0.3) is 0 Å². The second kappa shape index (κ2) is 4.56. The number of aliphatic hydroxyl groups is 1. The van der Waals surface area contributed by atoms with E-state index in [4.69, 9.17) is 0 Å². The van der Waals surface area contributed by atoms with Gasteiger partial charge in [0.1, 0.15) is 0 Å². The normalized spacial score (nSPS) is 29.9. The van der Waals surface area contributed by atoms with Gasteiger partial charge >= 0.3 is 6.18 Å². The van der Waals surface area contributed by atoms with Crippen molar-refractivity contribution in [2.75, 3.05) is 0 Å².